The van der Waals surface area contributed by atoms with Crippen LogP contribution < -0.4 is 0 Å². The molecule has 1 aliphatic rings. The summed E-state index contributed by atoms with van der Waals surface area (Å²) in [7, 11) is 0. The summed E-state index contributed by atoms with van der Waals surface area (Å²) in [6.07, 6.45) is 2.42. The van der Waals surface area contributed by atoms with Gasteiger partial charge in [0.15, 0.2) is 0 Å². The van der Waals surface area contributed by atoms with Crippen molar-refractivity contribution in [2.24, 2.45) is 5.92 Å². The molecule has 13 heavy (non-hydrogen) atoms. The fraction of sp³-hybridized carbons (Fsp3) is 1.00. The van der Waals surface area contributed by atoms with Gasteiger partial charge in [-0.3, -0.25) is 4.90 Å². The summed E-state index contributed by atoms with van der Waals surface area (Å²) in [4.78, 5) is 2.44. The quantitative estimate of drug-likeness (QED) is 0.667. The fourth-order valence-electron chi connectivity index (χ4n) is 1.98. The Morgan fingerprint density at radius 1 is 1.46 bits per heavy atom. The highest BCUT2D eigenvalue weighted by molar-refractivity contribution is 4.81. The van der Waals surface area contributed by atoms with Crippen LogP contribution in [0.1, 0.15) is 40.5 Å². The molecular formula is C11H23NO. The molecule has 1 saturated heterocycles. The van der Waals surface area contributed by atoms with Crippen LogP contribution in [0.25, 0.3) is 0 Å². The first kappa shape index (κ1) is 11.0. The minimum atomic E-state index is 0.0268. The predicted octanol–water partition coefficient (Wildman–Crippen LogP) is 2.49. The molecule has 0 N–H and O–H groups in total. The van der Waals surface area contributed by atoms with Gasteiger partial charge in [-0.1, -0.05) is 20.8 Å². The summed E-state index contributed by atoms with van der Waals surface area (Å²) in [5.74, 6) is 0.778. The van der Waals surface area contributed by atoms with Crippen molar-refractivity contribution in [3.8, 4) is 0 Å². The van der Waals surface area contributed by atoms with E-state index in [1.165, 1.54) is 12.8 Å². The van der Waals surface area contributed by atoms with Gasteiger partial charge in [0.1, 0.15) is 5.72 Å². The highest BCUT2D eigenvalue weighted by atomic mass is 16.5. The lowest BCUT2D eigenvalue weighted by Crippen LogP contribution is -2.42. The standard InChI is InChI=1S/C11H23NO/c1-5-12-8-9-13-11(12,4)7-6-10(2)3/h10H,5-9H2,1-4H3/t11-/m0/s1. The maximum Gasteiger partial charge on any atom is 0.119 e. The molecule has 0 spiro atoms. The molecule has 2 nitrogen and oxygen atoms in total. The van der Waals surface area contributed by atoms with E-state index in [-0.39, 0.29) is 5.72 Å². The van der Waals surface area contributed by atoms with Crippen molar-refractivity contribution in [3.63, 3.8) is 0 Å². The molecule has 0 amide bonds. The van der Waals surface area contributed by atoms with Crippen molar-refractivity contribution in [1.29, 1.82) is 0 Å². The first-order chi connectivity index (χ1) is 6.08. The number of nitrogens with zero attached hydrogens (tertiary/aromatic N) is 1. The normalized spacial score (nSPS) is 30.2. The fourth-order valence-corrected chi connectivity index (χ4v) is 1.98. The van der Waals surface area contributed by atoms with Crippen molar-refractivity contribution in [2.45, 2.75) is 46.3 Å². The average Bonchev–Trinajstić information content (AvgIpc) is 2.44. The Morgan fingerprint density at radius 2 is 2.15 bits per heavy atom. The number of likely N-dealkylation sites (N-methyl/N-ethyl adjacent to an activating group) is 1. The molecule has 0 unspecified atom stereocenters. The van der Waals surface area contributed by atoms with Crippen LogP contribution in [-0.2, 0) is 4.74 Å². The summed E-state index contributed by atoms with van der Waals surface area (Å²) < 4.78 is 5.82. The second-order valence-corrected chi connectivity index (χ2v) is 4.54. The summed E-state index contributed by atoms with van der Waals surface area (Å²) >= 11 is 0. The largest absolute Gasteiger partial charge is 0.359 e. The molecule has 1 rings (SSSR count). The molecular weight excluding hydrogens is 162 g/mol. The summed E-state index contributed by atoms with van der Waals surface area (Å²) in [6.45, 7) is 12.1. The first-order valence-corrected chi connectivity index (χ1v) is 5.47. The lowest BCUT2D eigenvalue weighted by atomic mass is 10.0. The lowest BCUT2D eigenvalue weighted by molar-refractivity contribution is -0.0735. The first-order valence-electron chi connectivity index (χ1n) is 5.47. The second kappa shape index (κ2) is 4.43. The predicted molar refractivity (Wildman–Crippen MR) is 55.7 cm³/mol. The van der Waals surface area contributed by atoms with Gasteiger partial charge in [0.2, 0.25) is 0 Å². The molecule has 0 radical (unpaired) electrons. The van der Waals surface area contributed by atoms with Crippen molar-refractivity contribution in [3.05, 3.63) is 0 Å². The van der Waals surface area contributed by atoms with Gasteiger partial charge in [0.05, 0.1) is 6.61 Å². The summed E-state index contributed by atoms with van der Waals surface area (Å²) in [5.41, 5.74) is 0.0268. The van der Waals surface area contributed by atoms with Crippen LogP contribution in [0.15, 0.2) is 0 Å². The molecule has 1 fully saturated rings. The Bertz CT molecular complexity index is 158. The topological polar surface area (TPSA) is 12.5 Å². The molecule has 2 heteroatoms. The van der Waals surface area contributed by atoms with Crippen LogP contribution in [0, 0.1) is 5.92 Å². The van der Waals surface area contributed by atoms with Gasteiger partial charge >= 0.3 is 0 Å². The van der Waals surface area contributed by atoms with E-state index < -0.39 is 0 Å². The molecule has 0 saturated carbocycles. The van der Waals surface area contributed by atoms with Crippen molar-refractivity contribution in [1.82, 2.24) is 4.90 Å². The molecule has 0 aromatic carbocycles. The molecule has 78 valence electrons. The van der Waals surface area contributed by atoms with Crippen molar-refractivity contribution < 1.29 is 4.74 Å². The van der Waals surface area contributed by atoms with E-state index in [2.05, 4.69) is 32.6 Å². The maximum atomic E-state index is 5.82. The van der Waals surface area contributed by atoms with Crippen LogP contribution >= 0.6 is 0 Å². The average molecular weight is 185 g/mol. The number of hydrogen-bond donors (Lipinski definition) is 0. The van der Waals surface area contributed by atoms with Gasteiger partial charge in [-0.2, -0.15) is 0 Å². The third kappa shape index (κ3) is 2.68. The van der Waals surface area contributed by atoms with Crippen LogP contribution in [0.3, 0.4) is 0 Å². The van der Waals surface area contributed by atoms with E-state index in [0.29, 0.717) is 0 Å². The van der Waals surface area contributed by atoms with Gasteiger partial charge in [-0.05, 0) is 32.2 Å². The number of ether oxygens (including phenoxy) is 1. The molecule has 0 aromatic heterocycles. The lowest BCUT2D eigenvalue weighted by Gasteiger charge is -2.33. The van der Waals surface area contributed by atoms with Gasteiger partial charge < -0.3 is 4.74 Å². The van der Waals surface area contributed by atoms with Gasteiger partial charge in [0, 0.05) is 6.54 Å². The van der Waals surface area contributed by atoms with E-state index in [1.54, 1.807) is 0 Å². The zero-order valence-corrected chi connectivity index (χ0v) is 9.47. The Morgan fingerprint density at radius 3 is 2.69 bits per heavy atom. The third-order valence-corrected chi connectivity index (χ3v) is 3.01. The highest BCUT2D eigenvalue weighted by Gasteiger charge is 2.36. The van der Waals surface area contributed by atoms with Crippen LogP contribution in [0.2, 0.25) is 0 Å². The van der Waals surface area contributed by atoms with Gasteiger partial charge in [-0.25, -0.2) is 0 Å². The summed E-state index contributed by atoms with van der Waals surface area (Å²) in [6, 6.07) is 0. The summed E-state index contributed by atoms with van der Waals surface area (Å²) in [5, 5.41) is 0. The molecule has 0 aromatic rings. The Labute approximate surface area is 82.3 Å². The van der Waals surface area contributed by atoms with Crippen LogP contribution in [-0.4, -0.2) is 30.3 Å². The molecule has 1 aliphatic heterocycles. The SMILES string of the molecule is CCN1CCO[C@@]1(C)CCC(C)C. The van der Waals surface area contributed by atoms with E-state index in [1.807, 2.05) is 0 Å². The van der Waals surface area contributed by atoms with E-state index in [9.17, 15) is 0 Å². The smallest absolute Gasteiger partial charge is 0.119 e. The second-order valence-electron chi connectivity index (χ2n) is 4.54. The van der Waals surface area contributed by atoms with E-state index in [4.69, 9.17) is 4.74 Å². The minimum Gasteiger partial charge on any atom is -0.359 e. The Balaban J connectivity index is 2.43. The van der Waals surface area contributed by atoms with Crippen molar-refractivity contribution >= 4 is 0 Å². The molecule has 1 atom stereocenters. The highest BCUT2D eigenvalue weighted by Crippen LogP contribution is 2.28. The van der Waals surface area contributed by atoms with Gasteiger partial charge in [0.25, 0.3) is 0 Å². The van der Waals surface area contributed by atoms with E-state index >= 15 is 0 Å². The van der Waals surface area contributed by atoms with Crippen LogP contribution in [0.5, 0.6) is 0 Å². The molecule has 0 bridgehead atoms. The zero-order chi connectivity index (χ0) is 9.90. The third-order valence-electron chi connectivity index (χ3n) is 3.01. The number of rotatable bonds is 4. The van der Waals surface area contributed by atoms with E-state index in [0.717, 1.165) is 25.6 Å². The number of hydrogen-bond acceptors (Lipinski definition) is 2. The zero-order valence-electron chi connectivity index (χ0n) is 9.47. The molecule has 1 heterocycles. The van der Waals surface area contributed by atoms with Gasteiger partial charge in [-0.15, -0.1) is 0 Å². The Kier molecular flexibility index (Phi) is 3.74. The molecule has 0 aliphatic carbocycles. The van der Waals surface area contributed by atoms with Crippen LogP contribution in [0.4, 0.5) is 0 Å². The minimum absolute atomic E-state index is 0.0268. The Hall–Kier alpha value is -0.0800. The maximum absolute atomic E-state index is 5.82. The monoisotopic (exact) mass is 185 g/mol. The van der Waals surface area contributed by atoms with Crippen molar-refractivity contribution in [2.75, 3.05) is 19.7 Å².